The van der Waals surface area contributed by atoms with Crippen LogP contribution in [0.25, 0.3) is 10.8 Å². The lowest BCUT2D eigenvalue weighted by molar-refractivity contribution is 0.305. The van der Waals surface area contributed by atoms with Crippen LogP contribution in [0.5, 0.6) is 11.5 Å². The van der Waals surface area contributed by atoms with Crippen LogP contribution in [-0.4, -0.2) is 19.6 Å². The molecule has 4 heteroatoms. The van der Waals surface area contributed by atoms with E-state index in [9.17, 15) is 0 Å². The molecule has 23 heavy (non-hydrogen) atoms. The molecule has 0 spiro atoms. The summed E-state index contributed by atoms with van der Waals surface area (Å²) in [6.07, 6.45) is 7.08. The van der Waals surface area contributed by atoms with E-state index in [1.54, 1.807) is 7.11 Å². The molecule has 0 aliphatic carbocycles. The fourth-order valence-electron chi connectivity index (χ4n) is 2.57. The fourth-order valence-corrected chi connectivity index (χ4v) is 3.05. The van der Waals surface area contributed by atoms with Gasteiger partial charge >= 0.3 is 0 Å². The number of ether oxygens (including phenoxy) is 2. The van der Waals surface area contributed by atoms with Gasteiger partial charge in [0.25, 0.3) is 0 Å². The van der Waals surface area contributed by atoms with Gasteiger partial charge in [0.2, 0.25) is 0 Å². The van der Waals surface area contributed by atoms with E-state index in [0.29, 0.717) is 11.6 Å². The second-order valence-corrected chi connectivity index (χ2v) is 6.38. The Labute approximate surface area is 148 Å². The summed E-state index contributed by atoms with van der Waals surface area (Å²) in [5, 5.41) is 2.72. The van der Waals surface area contributed by atoms with Crippen LogP contribution in [0.15, 0.2) is 30.3 Å². The summed E-state index contributed by atoms with van der Waals surface area (Å²) >= 11 is 12.1. The van der Waals surface area contributed by atoms with Gasteiger partial charge in [-0.1, -0.05) is 43.4 Å². The number of methoxy groups -OCH3 is 1. The summed E-state index contributed by atoms with van der Waals surface area (Å²) in [6.45, 7) is 0.705. The van der Waals surface area contributed by atoms with Gasteiger partial charge in [0.15, 0.2) is 0 Å². The van der Waals surface area contributed by atoms with E-state index >= 15 is 0 Å². The third-order valence-corrected chi connectivity index (χ3v) is 4.57. The molecule has 0 bridgehead atoms. The number of alkyl halides is 1. The van der Waals surface area contributed by atoms with E-state index in [4.69, 9.17) is 32.7 Å². The fraction of sp³-hybridized carbons (Fsp3) is 0.474. The van der Waals surface area contributed by atoms with Crippen molar-refractivity contribution in [2.24, 2.45) is 0 Å². The standard InChI is InChI=1S/C19H24Cl2O2/c1-22-16-9-10-17-15(14-16)8-11-18(19(17)21)23-13-7-5-3-2-4-6-12-20/h8-11,14H,2-7,12-13H2,1H3. The highest BCUT2D eigenvalue weighted by Crippen LogP contribution is 2.34. The summed E-state index contributed by atoms with van der Waals surface area (Å²) in [5.74, 6) is 2.36. The van der Waals surface area contributed by atoms with Crippen molar-refractivity contribution in [2.45, 2.75) is 38.5 Å². The second kappa shape index (κ2) is 9.89. The molecule has 0 heterocycles. The van der Waals surface area contributed by atoms with Gasteiger partial charge in [0.1, 0.15) is 11.5 Å². The van der Waals surface area contributed by atoms with E-state index in [1.807, 2.05) is 30.3 Å². The third kappa shape index (κ3) is 5.47. The van der Waals surface area contributed by atoms with Crippen molar-refractivity contribution in [3.8, 4) is 11.5 Å². The Morgan fingerprint density at radius 3 is 2.39 bits per heavy atom. The molecule has 2 aromatic rings. The normalized spacial score (nSPS) is 10.9. The third-order valence-electron chi connectivity index (χ3n) is 3.91. The highest BCUT2D eigenvalue weighted by Gasteiger charge is 2.07. The maximum atomic E-state index is 6.46. The van der Waals surface area contributed by atoms with Crippen LogP contribution in [0, 0.1) is 0 Å². The number of halogens is 2. The van der Waals surface area contributed by atoms with Crippen molar-refractivity contribution < 1.29 is 9.47 Å². The number of unbranched alkanes of at least 4 members (excludes halogenated alkanes) is 5. The van der Waals surface area contributed by atoms with Crippen molar-refractivity contribution in [1.82, 2.24) is 0 Å². The van der Waals surface area contributed by atoms with Crippen LogP contribution in [0.1, 0.15) is 38.5 Å². The van der Waals surface area contributed by atoms with Crippen molar-refractivity contribution in [3.63, 3.8) is 0 Å². The summed E-state index contributed by atoms with van der Waals surface area (Å²) < 4.78 is 11.1. The maximum absolute atomic E-state index is 6.46. The Morgan fingerprint density at radius 1 is 0.913 bits per heavy atom. The molecule has 0 aliphatic heterocycles. The molecule has 0 unspecified atom stereocenters. The monoisotopic (exact) mass is 354 g/mol. The molecule has 2 nitrogen and oxygen atoms in total. The molecule has 0 radical (unpaired) electrons. The number of fused-ring (bicyclic) bond motifs is 1. The van der Waals surface area contributed by atoms with Gasteiger partial charge in [0.05, 0.1) is 18.7 Å². The van der Waals surface area contributed by atoms with Crippen LogP contribution < -0.4 is 9.47 Å². The molecule has 0 aliphatic rings. The van der Waals surface area contributed by atoms with Crippen LogP contribution >= 0.6 is 23.2 Å². The molecular formula is C19H24Cl2O2. The molecule has 0 amide bonds. The predicted molar refractivity (Wildman–Crippen MR) is 99.4 cm³/mol. The Kier molecular flexibility index (Phi) is 7.84. The van der Waals surface area contributed by atoms with E-state index in [1.165, 1.54) is 25.7 Å². The molecule has 0 saturated heterocycles. The topological polar surface area (TPSA) is 18.5 Å². The quantitative estimate of drug-likeness (QED) is 0.360. The summed E-state index contributed by atoms with van der Waals surface area (Å²) in [6, 6.07) is 9.82. The molecule has 2 rings (SSSR count). The van der Waals surface area contributed by atoms with E-state index in [0.717, 1.165) is 41.0 Å². The summed E-state index contributed by atoms with van der Waals surface area (Å²) in [7, 11) is 1.66. The molecule has 126 valence electrons. The van der Waals surface area contributed by atoms with Crippen LogP contribution in [0.3, 0.4) is 0 Å². The Hall–Kier alpha value is -1.12. The zero-order chi connectivity index (χ0) is 16.5. The van der Waals surface area contributed by atoms with Gasteiger partial charge in [-0.3, -0.25) is 0 Å². The first kappa shape index (κ1) is 18.2. The predicted octanol–water partition coefficient (Wildman–Crippen LogP) is 6.46. The van der Waals surface area contributed by atoms with Gasteiger partial charge in [-0.2, -0.15) is 0 Å². The van der Waals surface area contributed by atoms with Crippen molar-refractivity contribution in [3.05, 3.63) is 35.4 Å². The van der Waals surface area contributed by atoms with Crippen LogP contribution in [0.4, 0.5) is 0 Å². The van der Waals surface area contributed by atoms with Gasteiger partial charge in [-0.25, -0.2) is 0 Å². The smallest absolute Gasteiger partial charge is 0.138 e. The molecular weight excluding hydrogens is 331 g/mol. The molecule has 0 N–H and O–H groups in total. The summed E-state index contributed by atoms with van der Waals surface area (Å²) in [5.41, 5.74) is 0. The minimum atomic E-state index is 0.673. The largest absolute Gasteiger partial charge is 0.497 e. The Balaban J connectivity index is 1.83. The minimum Gasteiger partial charge on any atom is -0.497 e. The van der Waals surface area contributed by atoms with Crippen LogP contribution in [-0.2, 0) is 0 Å². The molecule has 2 aromatic carbocycles. The van der Waals surface area contributed by atoms with E-state index < -0.39 is 0 Å². The highest BCUT2D eigenvalue weighted by molar-refractivity contribution is 6.37. The van der Waals surface area contributed by atoms with E-state index in [2.05, 4.69) is 0 Å². The number of rotatable bonds is 10. The SMILES string of the molecule is COc1ccc2c(Cl)c(OCCCCCCCCCl)ccc2c1. The minimum absolute atomic E-state index is 0.673. The second-order valence-electron chi connectivity index (χ2n) is 5.62. The van der Waals surface area contributed by atoms with Gasteiger partial charge < -0.3 is 9.47 Å². The zero-order valence-corrected chi connectivity index (χ0v) is 15.1. The van der Waals surface area contributed by atoms with Gasteiger partial charge in [-0.05, 0) is 42.5 Å². The lowest BCUT2D eigenvalue weighted by atomic mass is 10.1. The van der Waals surface area contributed by atoms with Crippen molar-refractivity contribution in [2.75, 3.05) is 19.6 Å². The molecule has 0 aromatic heterocycles. The van der Waals surface area contributed by atoms with E-state index in [-0.39, 0.29) is 0 Å². The number of hydrogen-bond acceptors (Lipinski definition) is 2. The maximum Gasteiger partial charge on any atom is 0.138 e. The lowest BCUT2D eigenvalue weighted by Crippen LogP contribution is -1.98. The van der Waals surface area contributed by atoms with Crippen molar-refractivity contribution in [1.29, 1.82) is 0 Å². The molecule has 0 fully saturated rings. The van der Waals surface area contributed by atoms with Gasteiger partial charge in [0, 0.05) is 11.3 Å². The number of hydrogen-bond donors (Lipinski definition) is 0. The first-order chi connectivity index (χ1) is 11.3. The van der Waals surface area contributed by atoms with Crippen LogP contribution in [0.2, 0.25) is 5.02 Å². The zero-order valence-electron chi connectivity index (χ0n) is 13.6. The first-order valence-electron chi connectivity index (χ1n) is 8.21. The number of benzene rings is 2. The lowest BCUT2D eigenvalue weighted by Gasteiger charge is -2.11. The average Bonchev–Trinajstić information content (AvgIpc) is 2.58. The average molecular weight is 355 g/mol. The molecule has 0 saturated carbocycles. The molecule has 0 atom stereocenters. The first-order valence-corrected chi connectivity index (χ1v) is 9.12. The highest BCUT2D eigenvalue weighted by atomic mass is 35.5. The van der Waals surface area contributed by atoms with Crippen molar-refractivity contribution >= 4 is 34.0 Å². The summed E-state index contributed by atoms with van der Waals surface area (Å²) in [4.78, 5) is 0. The Morgan fingerprint density at radius 2 is 1.65 bits per heavy atom. The Bertz CT molecular complexity index is 614. The van der Waals surface area contributed by atoms with Gasteiger partial charge in [-0.15, -0.1) is 11.6 Å².